The Bertz CT molecular complexity index is 610. The Kier molecular flexibility index (Phi) is 5.26. The summed E-state index contributed by atoms with van der Waals surface area (Å²) < 4.78 is 0. The van der Waals surface area contributed by atoms with Gasteiger partial charge in [0.15, 0.2) is 0 Å². The second kappa shape index (κ2) is 7.06. The molecule has 1 aromatic carbocycles. The third kappa shape index (κ3) is 3.41. The number of hydrogen-bond donors (Lipinski definition) is 2. The molecular formula is C16H19Cl3N2O2. The summed E-state index contributed by atoms with van der Waals surface area (Å²) in [5, 5.41) is 14.3. The molecule has 23 heavy (non-hydrogen) atoms. The average molecular weight is 378 g/mol. The summed E-state index contributed by atoms with van der Waals surface area (Å²) in [6.45, 7) is 3.05. The maximum absolute atomic E-state index is 12.4. The molecule has 0 bridgehead atoms. The van der Waals surface area contributed by atoms with E-state index in [9.17, 15) is 9.90 Å². The van der Waals surface area contributed by atoms with Gasteiger partial charge in [-0.3, -0.25) is 4.79 Å². The van der Waals surface area contributed by atoms with Gasteiger partial charge in [0.2, 0.25) is 5.91 Å². The largest absolute Gasteiger partial charge is 0.508 e. The molecule has 2 heterocycles. The first kappa shape index (κ1) is 17.2. The molecular weight excluding hydrogens is 359 g/mol. The fraction of sp³-hybridized carbons (Fsp3) is 0.562. The molecule has 2 N–H and O–H groups in total. The van der Waals surface area contributed by atoms with Crippen molar-refractivity contribution in [1.82, 2.24) is 10.2 Å². The van der Waals surface area contributed by atoms with Crippen LogP contribution in [0.4, 0.5) is 0 Å². The molecule has 0 radical (unpaired) electrons. The van der Waals surface area contributed by atoms with Crippen molar-refractivity contribution in [2.45, 2.75) is 25.2 Å². The van der Waals surface area contributed by atoms with E-state index in [0.717, 1.165) is 32.4 Å². The summed E-state index contributed by atoms with van der Waals surface area (Å²) in [6.07, 6.45) is 2.44. The van der Waals surface area contributed by atoms with Gasteiger partial charge in [0.25, 0.3) is 0 Å². The molecule has 3 rings (SSSR count). The Morgan fingerprint density at radius 1 is 1.17 bits per heavy atom. The Balaban J connectivity index is 1.70. The van der Waals surface area contributed by atoms with E-state index >= 15 is 0 Å². The molecule has 2 aliphatic heterocycles. The van der Waals surface area contributed by atoms with Gasteiger partial charge in [0.05, 0.1) is 21.0 Å². The fourth-order valence-corrected chi connectivity index (χ4v) is 4.25. The molecule has 2 fully saturated rings. The highest BCUT2D eigenvalue weighted by molar-refractivity contribution is 6.48. The van der Waals surface area contributed by atoms with Crippen molar-refractivity contribution in [1.29, 1.82) is 0 Å². The van der Waals surface area contributed by atoms with Crippen LogP contribution in [0.1, 0.15) is 30.7 Å². The van der Waals surface area contributed by atoms with Gasteiger partial charge in [0.1, 0.15) is 5.75 Å². The van der Waals surface area contributed by atoms with Gasteiger partial charge in [-0.15, -0.1) is 0 Å². The number of piperidine rings is 1. The van der Waals surface area contributed by atoms with E-state index in [1.165, 1.54) is 6.07 Å². The highest BCUT2D eigenvalue weighted by Crippen LogP contribution is 2.44. The predicted molar refractivity (Wildman–Crippen MR) is 92.7 cm³/mol. The van der Waals surface area contributed by atoms with Crippen molar-refractivity contribution in [2.24, 2.45) is 5.92 Å². The number of carbonyl (C=O) groups excluding carboxylic acids is 1. The number of benzene rings is 1. The molecule has 0 aromatic heterocycles. The Hall–Kier alpha value is -0.680. The Morgan fingerprint density at radius 3 is 2.48 bits per heavy atom. The first-order valence-electron chi connectivity index (χ1n) is 7.85. The molecule has 0 aliphatic carbocycles. The maximum atomic E-state index is 12.4. The van der Waals surface area contributed by atoms with Crippen LogP contribution < -0.4 is 5.32 Å². The van der Waals surface area contributed by atoms with Crippen LogP contribution in [-0.2, 0) is 4.79 Å². The molecule has 1 atom stereocenters. The highest BCUT2D eigenvalue weighted by Gasteiger charge is 2.32. The van der Waals surface area contributed by atoms with Gasteiger partial charge >= 0.3 is 0 Å². The van der Waals surface area contributed by atoms with Crippen LogP contribution in [0.25, 0.3) is 0 Å². The number of likely N-dealkylation sites (tertiary alicyclic amines) is 1. The van der Waals surface area contributed by atoms with Crippen LogP contribution in [0, 0.1) is 5.92 Å². The minimum absolute atomic E-state index is 0.0779. The minimum atomic E-state index is 0.0779. The molecule has 7 heteroatoms. The third-order valence-electron chi connectivity index (χ3n) is 4.80. The lowest BCUT2D eigenvalue weighted by Gasteiger charge is -2.34. The summed E-state index contributed by atoms with van der Waals surface area (Å²) in [7, 11) is 0. The van der Waals surface area contributed by atoms with Crippen molar-refractivity contribution >= 4 is 40.7 Å². The van der Waals surface area contributed by atoms with E-state index in [-0.39, 0.29) is 33.5 Å². The second-order valence-corrected chi connectivity index (χ2v) is 7.37. The lowest BCUT2D eigenvalue weighted by Crippen LogP contribution is -2.42. The van der Waals surface area contributed by atoms with E-state index in [0.29, 0.717) is 23.7 Å². The molecule has 2 aliphatic rings. The molecule has 126 valence electrons. The summed E-state index contributed by atoms with van der Waals surface area (Å²) in [4.78, 5) is 14.4. The normalized spacial score (nSPS) is 22.6. The van der Waals surface area contributed by atoms with Gasteiger partial charge < -0.3 is 15.3 Å². The molecule has 4 nitrogen and oxygen atoms in total. The first-order chi connectivity index (χ1) is 11.0. The van der Waals surface area contributed by atoms with Crippen LogP contribution in [-0.4, -0.2) is 42.1 Å². The lowest BCUT2D eigenvalue weighted by atomic mass is 9.88. The van der Waals surface area contributed by atoms with E-state index in [1.807, 2.05) is 4.90 Å². The molecule has 0 spiro atoms. The highest BCUT2D eigenvalue weighted by atomic mass is 35.5. The van der Waals surface area contributed by atoms with Crippen molar-refractivity contribution in [3.8, 4) is 5.75 Å². The number of nitrogens with one attached hydrogen (secondary N) is 1. The number of phenols is 1. The Morgan fingerprint density at radius 2 is 1.87 bits per heavy atom. The van der Waals surface area contributed by atoms with E-state index in [1.54, 1.807) is 0 Å². The summed E-state index contributed by atoms with van der Waals surface area (Å²) >= 11 is 18.3. The number of phenolic OH excluding ortho intramolecular Hbond substituents is 1. The first-order valence-corrected chi connectivity index (χ1v) is 8.98. The molecule has 0 unspecified atom stereocenters. The Labute approximate surface area is 150 Å². The van der Waals surface area contributed by atoms with Crippen LogP contribution >= 0.6 is 34.8 Å². The molecule has 1 aromatic rings. The van der Waals surface area contributed by atoms with Crippen LogP contribution in [0.15, 0.2) is 6.07 Å². The fourth-order valence-electron chi connectivity index (χ4n) is 3.50. The zero-order valence-corrected chi connectivity index (χ0v) is 14.9. The number of aromatic hydroxyl groups is 1. The lowest BCUT2D eigenvalue weighted by molar-refractivity contribution is -0.136. The number of hydrogen-bond acceptors (Lipinski definition) is 3. The third-order valence-corrected chi connectivity index (χ3v) is 6.08. The zero-order chi connectivity index (χ0) is 16.6. The van der Waals surface area contributed by atoms with E-state index in [4.69, 9.17) is 34.8 Å². The topological polar surface area (TPSA) is 52.6 Å². The number of carbonyl (C=O) groups is 1. The van der Waals surface area contributed by atoms with Crippen molar-refractivity contribution < 1.29 is 9.90 Å². The number of amides is 1. The zero-order valence-electron chi connectivity index (χ0n) is 12.6. The maximum Gasteiger partial charge on any atom is 0.227 e. The standard InChI is InChI=1S/C16H19Cl3N2O2/c17-11-7-12(22)13(15(19)14(11)18)9-2-5-21(6-3-9)16(23)10-1-4-20-8-10/h7,9-10,20,22H,1-6,8H2/t10-/m0/s1. The number of rotatable bonds is 2. The molecule has 1 amide bonds. The van der Waals surface area contributed by atoms with E-state index in [2.05, 4.69) is 5.32 Å². The monoisotopic (exact) mass is 376 g/mol. The van der Waals surface area contributed by atoms with Gasteiger partial charge in [-0.2, -0.15) is 0 Å². The minimum Gasteiger partial charge on any atom is -0.508 e. The molecule has 2 saturated heterocycles. The van der Waals surface area contributed by atoms with Crippen molar-refractivity contribution in [2.75, 3.05) is 26.2 Å². The summed E-state index contributed by atoms with van der Waals surface area (Å²) in [5.74, 6) is 0.503. The average Bonchev–Trinajstić information content (AvgIpc) is 3.07. The van der Waals surface area contributed by atoms with E-state index < -0.39 is 0 Å². The van der Waals surface area contributed by atoms with Crippen LogP contribution in [0.2, 0.25) is 15.1 Å². The van der Waals surface area contributed by atoms with Gasteiger partial charge in [-0.25, -0.2) is 0 Å². The van der Waals surface area contributed by atoms with Crippen LogP contribution in [0.3, 0.4) is 0 Å². The van der Waals surface area contributed by atoms with Crippen molar-refractivity contribution in [3.63, 3.8) is 0 Å². The second-order valence-electron chi connectivity index (χ2n) is 6.21. The summed E-state index contributed by atoms with van der Waals surface area (Å²) in [6, 6.07) is 1.44. The van der Waals surface area contributed by atoms with Crippen LogP contribution in [0.5, 0.6) is 5.75 Å². The van der Waals surface area contributed by atoms with Gasteiger partial charge in [0, 0.05) is 31.3 Å². The predicted octanol–water partition coefficient (Wildman–Crippen LogP) is 3.67. The summed E-state index contributed by atoms with van der Waals surface area (Å²) in [5.41, 5.74) is 0.649. The molecule has 0 saturated carbocycles. The number of nitrogens with zero attached hydrogens (tertiary/aromatic N) is 1. The van der Waals surface area contributed by atoms with Crippen molar-refractivity contribution in [3.05, 3.63) is 26.7 Å². The number of halogens is 3. The van der Waals surface area contributed by atoms with Gasteiger partial charge in [-0.05, 0) is 31.7 Å². The SMILES string of the molecule is O=C([C@H]1CCNC1)N1CCC(c2c(O)cc(Cl)c(Cl)c2Cl)CC1. The van der Waals surface area contributed by atoms with Gasteiger partial charge in [-0.1, -0.05) is 34.8 Å². The quantitative estimate of drug-likeness (QED) is 0.773. The smallest absolute Gasteiger partial charge is 0.227 e.